The van der Waals surface area contributed by atoms with E-state index in [9.17, 15) is 0 Å². The number of benzene rings is 1. The Morgan fingerprint density at radius 2 is 2.00 bits per heavy atom. The third kappa shape index (κ3) is 2.62. The van der Waals surface area contributed by atoms with E-state index >= 15 is 0 Å². The zero-order chi connectivity index (χ0) is 13.1. The summed E-state index contributed by atoms with van der Waals surface area (Å²) in [4.78, 5) is 6.44. The van der Waals surface area contributed by atoms with Gasteiger partial charge < -0.3 is 10.6 Å². The van der Waals surface area contributed by atoms with Crippen LogP contribution < -0.4 is 10.6 Å². The molecule has 0 spiro atoms. The highest BCUT2D eigenvalue weighted by Gasteiger charge is 2.09. The van der Waals surface area contributed by atoms with Crippen molar-refractivity contribution in [3.63, 3.8) is 0 Å². The zero-order valence-electron chi connectivity index (χ0n) is 11.1. The van der Waals surface area contributed by atoms with E-state index < -0.39 is 0 Å². The summed E-state index contributed by atoms with van der Waals surface area (Å²) in [5, 5.41) is 0. The molecule has 0 unspecified atom stereocenters. The Morgan fingerprint density at radius 1 is 1.22 bits per heavy atom. The lowest BCUT2D eigenvalue weighted by Crippen LogP contribution is -2.19. The summed E-state index contributed by atoms with van der Waals surface area (Å²) in [6, 6.07) is 10.4. The van der Waals surface area contributed by atoms with Crippen LogP contribution in [0, 0.1) is 13.8 Å². The number of nitrogen functional groups attached to an aromatic ring is 1. The van der Waals surface area contributed by atoms with E-state index in [-0.39, 0.29) is 0 Å². The minimum Gasteiger partial charge on any atom is -0.396 e. The van der Waals surface area contributed by atoms with Gasteiger partial charge in [-0.1, -0.05) is 29.8 Å². The maximum absolute atomic E-state index is 6.06. The van der Waals surface area contributed by atoms with Crippen LogP contribution in [0.1, 0.15) is 16.7 Å². The zero-order valence-corrected chi connectivity index (χ0v) is 11.1. The van der Waals surface area contributed by atoms with E-state index in [2.05, 4.69) is 41.1 Å². The van der Waals surface area contributed by atoms with Crippen LogP contribution in [0.2, 0.25) is 0 Å². The highest BCUT2D eigenvalue weighted by molar-refractivity contribution is 5.66. The Hall–Kier alpha value is -2.03. The quantitative estimate of drug-likeness (QED) is 0.898. The van der Waals surface area contributed by atoms with Crippen molar-refractivity contribution in [3.05, 3.63) is 53.2 Å². The Kier molecular flexibility index (Phi) is 3.51. The van der Waals surface area contributed by atoms with Crippen LogP contribution in [-0.4, -0.2) is 12.0 Å². The smallest absolute Gasteiger partial charge is 0.152 e. The van der Waals surface area contributed by atoms with Crippen LogP contribution in [0.25, 0.3) is 0 Å². The summed E-state index contributed by atoms with van der Waals surface area (Å²) >= 11 is 0. The minimum atomic E-state index is 0.757. The molecule has 0 aliphatic rings. The average molecular weight is 241 g/mol. The normalized spacial score (nSPS) is 10.4. The number of hydrogen-bond donors (Lipinski definition) is 1. The number of nitrogens with two attached hydrogens (primary N) is 1. The number of pyridine rings is 1. The molecule has 2 aromatic rings. The number of anilines is 2. The van der Waals surface area contributed by atoms with E-state index in [0.717, 1.165) is 23.6 Å². The molecule has 1 aromatic heterocycles. The van der Waals surface area contributed by atoms with E-state index in [1.807, 2.05) is 20.0 Å². The lowest BCUT2D eigenvalue weighted by molar-refractivity contribution is 0.897. The molecule has 3 nitrogen and oxygen atoms in total. The summed E-state index contributed by atoms with van der Waals surface area (Å²) in [6.45, 7) is 4.91. The summed E-state index contributed by atoms with van der Waals surface area (Å²) in [5.74, 6) is 0.844. The number of rotatable bonds is 3. The maximum atomic E-state index is 6.06. The molecule has 0 saturated carbocycles. The van der Waals surface area contributed by atoms with Crippen molar-refractivity contribution in [3.8, 4) is 0 Å². The van der Waals surface area contributed by atoms with E-state index in [1.165, 1.54) is 11.1 Å². The van der Waals surface area contributed by atoms with Gasteiger partial charge >= 0.3 is 0 Å². The lowest BCUT2D eigenvalue weighted by atomic mass is 10.1. The molecule has 0 bridgehead atoms. The van der Waals surface area contributed by atoms with Gasteiger partial charge in [-0.25, -0.2) is 4.98 Å². The highest BCUT2D eigenvalue weighted by atomic mass is 15.2. The second kappa shape index (κ2) is 5.08. The molecule has 2 N–H and O–H groups in total. The maximum Gasteiger partial charge on any atom is 0.152 e. The number of nitrogens with zero attached hydrogens (tertiary/aromatic N) is 2. The Labute approximate surface area is 108 Å². The standard InChI is InChI=1S/C15H19N3/c1-11-5-4-6-13(9-11)10-18(3)15-14(16)12(2)7-8-17-15/h4-9H,10,16H2,1-3H3. The molecule has 0 radical (unpaired) electrons. The fourth-order valence-corrected chi connectivity index (χ4v) is 2.02. The molecule has 18 heavy (non-hydrogen) atoms. The topological polar surface area (TPSA) is 42.2 Å². The van der Waals surface area contributed by atoms with Gasteiger partial charge in [0.15, 0.2) is 5.82 Å². The molecule has 3 heteroatoms. The van der Waals surface area contributed by atoms with Gasteiger partial charge in [-0.3, -0.25) is 0 Å². The van der Waals surface area contributed by atoms with E-state index in [1.54, 1.807) is 6.20 Å². The molecular formula is C15H19N3. The molecular weight excluding hydrogens is 222 g/mol. The molecule has 2 rings (SSSR count). The third-order valence-corrected chi connectivity index (χ3v) is 3.05. The lowest BCUT2D eigenvalue weighted by Gasteiger charge is -2.20. The molecule has 94 valence electrons. The van der Waals surface area contributed by atoms with Crippen LogP contribution >= 0.6 is 0 Å². The van der Waals surface area contributed by atoms with Crippen LogP contribution in [0.4, 0.5) is 11.5 Å². The predicted octanol–water partition coefficient (Wildman–Crippen LogP) is 2.92. The largest absolute Gasteiger partial charge is 0.396 e. The first-order valence-corrected chi connectivity index (χ1v) is 6.05. The van der Waals surface area contributed by atoms with Crippen LogP contribution in [0.15, 0.2) is 36.5 Å². The number of hydrogen-bond acceptors (Lipinski definition) is 3. The van der Waals surface area contributed by atoms with Gasteiger partial charge in [-0.15, -0.1) is 0 Å². The SMILES string of the molecule is Cc1cccc(CN(C)c2nccc(C)c2N)c1. The monoisotopic (exact) mass is 241 g/mol. The summed E-state index contributed by atoms with van der Waals surface area (Å²) in [7, 11) is 2.01. The van der Waals surface area contributed by atoms with Gasteiger partial charge in [0.2, 0.25) is 0 Å². The van der Waals surface area contributed by atoms with E-state index in [4.69, 9.17) is 5.73 Å². The van der Waals surface area contributed by atoms with Crippen LogP contribution in [-0.2, 0) is 6.54 Å². The predicted molar refractivity (Wildman–Crippen MR) is 76.7 cm³/mol. The second-order valence-electron chi connectivity index (χ2n) is 4.71. The molecule has 0 saturated heterocycles. The Morgan fingerprint density at radius 3 is 2.72 bits per heavy atom. The molecule has 0 atom stereocenters. The molecule has 0 aliphatic heterocycles. The molecule has 0 aliphatic carbocycles. The summed E-state index contributed by atoms with van der Waals surface area (Å²) in [5.41, 5.74) is 10.4. The van der Waals surface area contributed by atoms with Gasteiger partial charge in [0.05, 0.1) is 5.69 Å². The van der Waals surface area contributed by atoms with Crippen LogP contribution in [0.5, 0.6) is 0 Å². The van der Waals surface area contributed by atoms with Crippen molar-refractivity contribution >= 4 is 11.5 Å². The van der Waals surface area contributed by atoms with Crippen molar-refractivity contribution in [2.45, 2.75) is 20.4 Å². The van der Waals surface area contributed by atoms with Crippen molar-refractivity contribution in [1.82, 2.24) is 4.98 Å². The van der Waals surface area contributed by atoms with Gasteiger partial charge in [0, 0.05) is 19.8 Å². The Bertz CT molecular complexity index is 549. The first-order chi connectivity index (χ1) is 8.58. The first kappa shape index (κ1) is 12.4. The van der Waals surface area contributed by atoms with Crippen molar-refractivity contribution in [2.75, 3.05) is 17.7 Å². The second-order valence-corrected chi connectivity index (χ2v) is 4.71. The molecule has 0 amide bonds. The van der Waals surface area contributed by atoms with Crippen molar-refractivity contribution in [2.24, 2.45) is 0 Å². The van der Waals surface area contributed by atoms with Gasteiger partial charge in [-0.2, -0.15) is 0 Å². The third-order valence-electron chi connectivity index (χ3n) is 3.05. The number of aryl methyl sites for hydroxylation is 2. The van der Waals surface area contributed by atoms with Crippen molar-refractivity contribution in [1.29, 1.82) is 0 Å². The minimum absolute atomic E-state index is 0.757. The molecule has 0 fully saturated rings. The molecule has 1 heterocycles. The Balaban J connectivity index is 2.22. The highest BCUT2D eigenvalue weighted by Crippen LogP contribution is 2.23. The van der Waals surface area contributed by atoms with Gasteiger partial charge in [0.1, 0.15) is 0 Å². The summed E-state index contributed by atoms with van der Waals surface area (Å²) < 4.78 is 0. The van der Waals surface area contributed by atoms with Gasteiger partial charge in [0.25, 0.3) is 0 Å². The summed E-state index contributed by atoms with van der Waals surface area (Å²) in [6.07, 6.45) is 1.80. The first-order valence-electron chi connectivity index (χ1n) is 6.05. The van der Waals surface area contributed by atoms with Crippen molar-refractivity contribution < 1.29 is 0 Å². The fraction of sp³-hybridized carbons (Fsp3) is 0.267. The molecule has 1 aromatic carbocycles. The number of aromatic nitrogens is 1. The fourth-order valence-electron chi connectivity index (χ4n) is 2.02. The average Bonchev–Trinajstić information content (AvgIpc) is 2.32. The van der Waals surface area contributed by atoms with Crippen LogP contribution in [0.3, 0.4) is 0 Å². The van der Waals surface area contributed by atoms with E-state index in [0.29, 0.717) is 0 Å². The van der Waals surface area contributed by atoms with Gasteiger partial charge in [-0.05, 0) is 31.0 Å².